The first kappa shape index (κ1) is 29.1. The van der Waals surface area contributed by atoms with Crippen molar-refractivity contribution < 1.29 is 9.59 Å². The van der Waals surface area contributed by atoms with Gasteiger partial charge in [-0.25, -0.2) is 0 Å². The molecule has 0 heterocycles. The minimum absolute atomic E-state index is 0.0171. The van der Waals surface area contributed by atoms with E-state index in [1.54, 1.807) is 17.0 Å². The average molecular weight is 558 g/mol. The molecule has 0 aliphatic carbocycles. The Morgan fingerprint density at radius 3 is 2.32 bits per heavy atom. The molecule has 3 aromatic rings. The van der Waals surface area contributed by atoms with Crippen molar-refractivity contribution >= 4 is 46.8 Å². The van der Waals surface area contributed by atoms with Crippen LogP contribution in [0.4, 0.5) is 0 Å². The predicted molar refractivity (Wildman–Crippen MR) is 156 cm³/mol. The molecule has 37 heavy (non-hydrogen) atoms. The fourth-order valence-corrected chi connectivity index (χ4v) is 5.32. The van der Waals surface area contributed by atoms with Crippen LogP contribution in [0.5, 0.6) is 0 Å². The van der Waals surface area contributed by atoms with E-state index in [-0.39, 0.29) is 23.6 Å². The highest BCUT2D eigenvalue weighted by molar-refractivity contribution is 7.99. The Morgan fingerprint density at radius 1 is 0.973 bits per heavy atom. The molecule has 1 N–H and O–H groups in total. The molecule has 0 aromatic heterocycles. The van der Waals surface area contributed by atoms with Crippen molar-refractivity contribution in [2.45, 2.75) is 58.0 Å². The SMILES string of the molecule is CC[C@@H](C)NC(=O)[C@@H](Cc1ccccc1)N(Cc1ccc(C)cc1)C(=O)CSCc1ccc(Cl)cc1Cl. The summed E-state index contributed by atoms with van der Waals surface area (Å²) in [5.74, 6) is 0.579. The van der Waals surface area contributed by atoms with Gasteiger partial charge in [0.15, 0.2) is 0 Å². The molecule has 3 rings (SSSR count). The normalized spacial score (nSPS) is 12.6. The van der Waals surface area contributed by atoms with Crippen molar-refractivity contribution in [3.8, 4) is 0 Å². The maximum absolute atomic E-state index is 13.7. The second-order valence-electron chi connectivity index (χ2n) is 9.26. The number of aryl methyl sites for hydroxylation is 1. The third-order valence-corrected chi connectivity index (χ3v) is 7.80. The van der Waals surface area contributed by atoms with Crippen LogP contribution < -0.4 is 5.32 Å². The molecule has 4 nitrogen and oxygen atoms in total. The maximum atomic E-state index is 13.7. The molecular weight excluding hydrogens is 523 g/mol. The predicted octanol–water partition coefficient (Wildman–Crippen LogP) is 7.09. The van der Waals surface area contributed by atoms with Gasteiger partial charge in [0.25, 0.3) is 0 Å². The topological polar surface area (TPSA) is 49.4 Å². The van der Waals surface area contributed by atoms with Gasteiger partial charge in [0.2, 0.25) is 11.8 Å². The van der Waals surface area contributed by atoms with Gasteiger partial charge in [-0.2, -0.15) is 0 Å². The summed E-state index contributed by atoms with van der Waals surface area (Å²) in [4.78, 5) is 29.0. The van der Waals surface area contributed by atoms with Gasteiger partial charge in [0.05, 0.1) is 5.75 Å². The highest BCUT2D eigenvalue weighted by atomic mass is 35.5. The second-order valence-corrected chi connectivity index (χ2v) is 11.1. The molecule has 3 aromatic carbocycles. The van der Waals surface area contributed by atoms with E-state index in [1.807, 2.05) is 81.4 Å². The molecular formula is C30H34Cl2N2O2S. The molecule has 0 radical (unpaired) electrons. The van der Waals surface area contributed by atoms with Crippen LogP contribution in [0.1, 0.15) is 42.5 Å². The Hall–Kier alpha value is -2.47. The Bertz CT molecular complexity index is 1170. The number of rotatable bonds is 12. The van der Waals surface area contributed by atoms with Crippen LogP contribution in [-0.4, -0.2) is 34.6 Å². The minimum Gasteiger partial charge on any atom is -0.352 e. The molecule has 0 saturated carbocycles. The number of amides is 2. The van der Waals surface area contributed by atoms with E-state index in [0.29, 0.717) is 28.8 Å². The zero-order valence-electron chi connectivity index (χ0n) is 21.5. The lowest BCUT2D eigenvalue weighted by Gasteiger charge is -2.32. The average Bonchev–Trinajstić information content (AvgIpc) is 2.88. The first-order chi connectivity index (χ1) is 17.8. The molecule has 0 saturated heterocycles. The molecule has 2 atom stereocenters. The van der Waals surface area contributed by atoms with Crippen LogP contribution in [0.2, 0.25) is 10.0 Å². The number of hydrogen-bond acceptors (Lipinski definition) is 3. The van der Waals surface area contributed by atoms with Gasteiger partial charge in [-0.3, -0.25) is 9.59 Å². The molecule has 0 aliphatic heterocycles. The van der Waals surface area contributed by atoms with Gasteiger partial charge in [-0.05, 0) is 49.1 Å². The summed E-state index contributed by atoms with van der Waals surface area (Å²) >= 11 is 13.8. The van der Waals surface area contributed by atoms with E-state index in [2.05, 4.69) is 5.32 Å². The summed E-state index contributed by atoms with van der Waals surface area (Å²) in [6.07, 6.45) is 1.25. The Labute approximate surface area is 234 Å². The fraction of sp³-hybridized carbons (Fsp3) is 0.333. The highest BCUT2D eigenvalue weighted by Crippen LogP contribution is 2.25. The minimum atomic E-state index is -0.634. The zero-order valence-corrected chi connectivity index (χ0v) is 23.9. The number of halogens is 2. The monoisotopic (exact) mass is 556 g/mol. The Kier molecular flexibility index (Phi) is 11.4. The summed E-state index contributed by atoms with van der Waals surface area (Å²) in [5.41, 5.74) is 4.06. The van der Waals surface area contributed by atoms with Gasteiger partial charge >= 0.3 is 0 Å². The van der Waals surface area contributed by atoms with Gasteiger partial charge < -0.3 is 10.2 Å². The lowest BCUT2D eigenvalue weighted by atomic mass is 10.0. The molecule has 0 fully saturated rings. The summed E-state index contributed by atoms with van der Waals surface area (Å²) in [5, 5.41) is 4.27. The Balaban J connectivity index is 1.85. The molecule has 0 bridgehead atoms. The highest BCUT2D eigenvalue weighted by Gasteiger charge is 2.30. The van der Waals surface area contributed by atoms with Crippen LogP contribution >= 0.6 is 35.0 Å². The number of carbonyl (C=O) groups is 2. The molecule has 196 valence electrons. The first-order valence-electron chi connectivity index (χ1n) is 12.5. The van der Waals surface area contributed by atoms with Crippen LogP contribution in [0.3, 0.4) is 0 Å². The van der Waals surface area contributed by atoms with E-state index in [0.717, 1.165) is 28.7 Å². The zero-order chi connectivity index (χ0) is 26.8. The molecule has 0 spiro atoms. The smallest absolute Gasteiger partial charge is 0.243 e. The number of benzene rings is 3. The van der Waals surface area contributed by atoms with Crippen LogP contribution in [0.15, 0.2) is 72.8 Å². The third-order valence-electron chi connectivity index (χ3n) is 6.24. The van der Waals surface area contributed by atoms with Gasteiger partial charge in [0, 0.05) is 34.8 Å². The fourth-order valence-electron chi connectivity index (χ4n) is 3.86. The van der Waals surface area contributed by atoms with E-state index in [9.17, 15) is 9.59 Å². The van der Waals surface area contributed by atoms with Crippen molar-refractivity contribution in [3.63, 3.8) is 0 Å². The van der Waals surface area contributed by atoms with E-state index < -0.39 is 6.04 Å². The number of carbonyl (C=O) groups excluding carboxylic acids is 2. The van der Waals surface area contributed by atoms with Crippen LogP contribution in [-0.2, 0) is 28.3 Å². The number of hydrogen-bond donors (Lipinski definition) is 1. The van der Waals surface area contributed by atoms with E-state index in [4.69, 9.17) is 23.2 Å². The Morgan fingerprint density at radius 2 is 1.68 bits per heavy atom. The van der Waals surface area contributed by atoms with E-state index in [1.165, 1.54) is 11.8 Å². The van der Waals surface area contributed by atoms with Crippen LogP contribution in [0.25, 0.3) is 0 Å². The standard InChI is InChI=1S/C30H34Cl2N2O2S/c1-4-22(3)33-30(36)28(16-23-8-6-5-7-9-23)34(18-24-12-10-21(2)11-13-24)29(35)20-37-19-25-14-15-26(31)17-27(25)32/h5-15,17,22,28H,4,16,18-20H2,1-3H3,(H,33,36)/t22-,28-/m1/s1. The van der Waals surface area contributed by atoms with Crippen LogP contribution in [0, 0.1) is 6.92 Å². The summed E-state index contributed by atoms with van der Waals surface area (Å²) < 4.78 is 0. The van der Waals surface area contributed by atoms with E-state index >= 15 is 0 Å². The molecule has 7 heteroatoms. The third kappa shape index (κ3) is 9.10. The molecule has 0 aliphatic rings. The van der Waals surface area contributed by atoms with Crippen molar-refractivity contribution in [1.29, 1.82) is 0 Å². The maximum Gasteiger partial charge on any atom is 0.243 e. The van der Waals surface area contributed by atoms with Gasteiger partial charge in [0.1, 0.15) is 6.04 Å². The molecule has 2 amide bonds. The molecule has 0 unspecified atom stereocenters. The van der Waals surface area contributed by atoms with Crippen molar-refractivity contribution in [3.05, 3.63) is 105 Å². The first-order valence-corrected chi connectivity index (χ1v) is 14.4. The largest absolute Gasteiger partial charge is 0.352 e. The number of nitrogens with one attached hydrogen (secondary N) is 1. The summed E-state index contributed by atoms with van der Waals surface area (Å²) in [7, 11) is 0. The van der Waals surface area contributed by atoms with Crippen molar-refractivity contribution in [2.75, 3.05) is 5.75 Å². The van der Waals surface area contributed by atoms with Gasteiger partial charge in [-0.15, -0.1) is 11.8 Å². The summed E-state index contributed by atoms with van der Waals surface area (Å²) in [6.45, 7) is 6.40. The van der Waals surface area contributed by atoms with Crippen molar-refractivity contribution in [1.82, 2.24) is 10.2 Å². The van der Waals surface area contributed by atoms with Gasteiger partial charge in [-0.1, -0.05) is 96.4 Å². The number of thioether (sulfide) groups is 1. The lowest BCUT2D eigenvalue weighted by molar-refractivity contribution is -0.139. The second kappa shape index (κ2) is 14.5. The summed E-state index contributed by atoms with van der Waals surface area (Å²) in [6, 6.07) is 22.7. The number of nitrogens with zero attached hydrogens (tertiary/aromatic N) is 1. The lowest BCUT2D eigenvalue weighted by Crippen LogP contribution is -2.52. The quantitative estimate of drug-likeness (QED) is 0.259. The van der Waals surface area contributed by atoms with Crippen molar-refractivity contribution in [2.24, 2.45) is 0 Å².